The zero-order valence-corrected chi connectivity index (χ0v) is 7.84. The highest BCUT2D eigenvalue weighted by Gasteiger charge is 2.64. The van der Waals surface area contributed by atoms with Crippen LogP contribution in [0.5, 0.6) is 0 Å². The Labute approximate surface area is 94.4 Å². The van der Waals surface area contributed by atoms with E-state index in [4.69, 9.17) is 0 Å². The number of halogens is 12. The van der Waals surface area contributed by atoms with E-state index in [1.165, 1.54) is 0 Å². The lowest BCUT2D eigenvalue weighted by Crippen LogP contribution is -2.57. The third-order valence-electron chi connectivity index (χ3n) is 1.08. The van der Waals surface area contributed by atoms with Crippen molar-refractivity contribution in [2.45, 2.75) is 25.2 Å². The van der Waals surface area contributed by atoms with E-state index >= 15 is 0 Å². The molecule has 0 radical (unpaired) electrons. The molecule has 0 aliphatic rings. The second kappa shape index (κ2) is 4.86. The summed E-state index contributed by atoms with van der Waals surface area (Å²) in [5.74, 6) is 0. The zero-order chi connectivity index (χ0) is 15.9. The Kier molecular flexibility index (Phi) is 4.61. The van der Waals surface area contributed by atoms with Crippen molar-refractivity contribution in [3.05, 3.63) is 0 Å². The summed E-state index contributed by atoms with van der Waals surface area (Å²) in [6.45, 7) is 0. The summed E-state index contributed by atoms with van der Waals surface area (Å²) in [4.78, 5) is 1.88. The normalized spacial score (nSPS) is 15.5. The highest BCUT2D eigenvalue weighted by atomic mass is 19.4. The van der Waals surface area contributed by atoms with Crippen molar-refractivity contribution < 1.29 is 57.6 Å². The third kappa shape index (κ3) is 5.27. The fourth-order valence-electron chi connectivity index (χ4n) is 0.554. The van der Waals surface area contributed by atoms with Gasteiger partial charge < -0.3 is 0 Å². The lowest BCUT2D eigenvalue weighted by Gasteiger charge is -2.31. The smallest absolute Gasteiger partial charge is 0.176 e. The van der Waals surface area contributed by atoms with E-state index in [2.05, 4.69) is 0 Å². The molecular weight excluding hydrogens is 320 g/mol. The Morgan fingerprint density at radius 3 is 0.684 bits per heavy atom. The van der Waals surface area contributed by atoms with E-state index in [0.29, 0.717) is 0 Å². The molecule has 0 unspecified atom stereocenters. The van der Waals surface area contributed by atoms with Gasteiger partial charge in [-0.3, -0.25) is 0 Å². The average molecular weight is 320 g/mol. The first-order valence-corrected chi connectivity index (χ1v) is 3.53. The summed E-state index contributed by atoms with van der Waals surface area (Å²) < 4.78 is 140. The van der Waals surface area contributed by atoms with E-state index in [-0.39, 0.29) is 0 Å². The van der Waals surface area contributed by atoms with Crippen LogP contribution in [0.1, 0.15) is 0 Å². The standard InChI is InChI=1S/C4F12N2O/c5-1(6,7)17(2(8,9)10)19-18(3(11,12)13)4(14,15)16. The van der Waals surface area contributed by atoms with Crippen molar-refractivity contribution >= 4 is 0 Å². The van der Waals surface area contributed by atoms with Gasteiger partial charge in [-0.25, -0.2) is 0 Å². The number of hydrogen-bond donors (Lipinski definition) is 0. The molecule has 116 valence electrons. The minimum atomic E-state index is -6.69. The number of rotatable bonds is 2. The van der Waals surface area contributed by atoms with Crippen molar-refractivity contribution in [2.75, 3.05) is 0 Å². The molecule has 19 heavy (non-hydrogen) atoms. The summed E-state index contributed by atoms with van der Waals surface area (Å²) in [7, 11) is 0. The molecule has 15 heteroatoms. The van der Waals surface area contributed by atoms with Gasteiger partial charge in [-0.2, -0.15) is 57.6 Å². The Morgan fingerprint density at radius 2 is 0.579 bits per heavy atom. The SMILES string of the molecule is FC(F)(F)N(ON(C(F)(F)F)C(F)(F)F)C(F)(F)F. The molecule has 3 nitrogen and oxygen atoms in total. The predicted molar refractivity (Wildman–Crippen MR) is 29.0 cm³/mol. The minimum Gasteiger partial charge on any atom is -0.176 e. The van der Waals surface area contributed by atoms with Crippen LogP contribution < -0.4 is 0 Å². The number of hydroxylamine groups is 4. The maximum Gasteiger partial charge on any atom is 0.492 e. The van der Waals surface area contributed by atoms with E-state index in [1.807, 2.05) is 4.94 Å². The molecule has 0 rings (SSSR count). The lowest BCUT2D eigenvalue weighted by atomic mass is 10.9. The van der Waals surface area contributed by atoms with Crippen LogP contribution in [0, 0.1) is 0 Å². The Bertz CT molecular complexity index is 239. The molecule has 0 bridgehead atoms. The van der Waals surface area contributed by atoms with Gasteiger partial charge in [0.15, 0.2) is 0 Å². The van der Waals surface area contributed by atoms with Gasteiger partial charge >= 0.3 is 25.2 Å². The Hall–Kier alpha value is -0.960. The largest absolute Gasteiger partial charge is 0.492 e. The predicted octanol–water partition coefficient (Wildman–Crippen LogP) is 3.52. The van der Waals surface area contributed by atoms with Crippen LogP contribution in [0.4, 0.5) is 52.7 Å². The molecule has 0 aliphatic carbocycles. The highest BCUT2D eigenvalue weighted by molar-refractivity contribution is 4.55. The second-order valence-corrected chi connectivity index (χ2v) is 2.54. The van der Waals surface area contributed by atoms with E-state index in [1.54, 1.807) is 0 Å². The van der Waals surface area contributed by atoms with Gasteiger partial charge in [-0.05, 0) is 0 Å². The van der Waals surface area contributed by atoms with Gasteiger partial charge in [0.25, 0.3) is 0 Å². The molecule has 0 saturated carbocycles. The van der Waals surface area contributed by atoms with E-state index in [0.717, 1.165) is 0 Å². The minimum absolute atomic E-state index is 1.88. The molecule has 0 atom stereocenters. The lowest BCUT2D eigenvalue weighted by molar-refractivity contribution is -0.603. The Balaban J connectivity index is 5.43. The van der Waals surface area contributed by atoms with Crippen LogP contribution in [0.2, 0.25) is 0 Å². The van der Waals surface area contributed by atoms with Crippen LogP contribution in [-0.2, 0) is 4.94 Å². The molecule has 0 aromatic heterocycles. The van der Waals surface area contributed by atoms with E-state index < -0.39 is 35.3 Å². The van der Waals surface area contributed by atoms with Crippen molar-refractivity contribution in [1.82, 2.24) is 10.1 Å². The van der Waals surface area contributed by atoms with Gasteiger partial charge in [0, 0.05) is 10.1 Å². The van der Waals surface area contributed by atoms with Crippen molar-refractivity contribution in [3.8, 4) is 0 Å². The highest BCUT2D eigenvalue weighted by Crippen LogP contribution is 2.40. The Morgan fingerprint density at radius 1 is 0.421 bits per heavy atom. The molecule has 0 aliphatic heterocycles. The van der Waals surface area contributed by atoms with Gasteiger partial charge in [0.1, 0.15) is 0 Å². The molecule has 0 aromatic carbocycles. The van der Waals surface area contributed by atoms with Gasteiger partial charge in [0.2, 0.25) is 0 Å². The number of alkyl halides is 12. The van der Waals surface area contributed by atoms with Crippen LogP contribution in [0.25, 0.3) is 0 Å². The number of hydrogen-bond acceptors (Lipinski definition) is 3. The van der Waals surface area contributed by atoms with Gasteiger partial charge in [-0.15, -0.1) is 0 Å². The summed E-state index contributed by atoms with van der Waals surface area (Å²) in [6.07, 6.45) is -26.8. The van der Waals surface area contributed by atoms with Gasteiger partial charge in [-0.1, -0.05) is 0 Å². The molecule has 0 aromatic rings. The molecular formula is C4F12N2O. The quantitative estimate of drug-likeness (QED) is 0.440. The summed E-state index contributed by atoms with van der Waals surface area (Å²) in [5.41, 5.74) is 0. The molecule has 0 heterocycles. The zero-order valence-electron chi connectivity index (χ0n) is 7.84. The molecule has 0 fully saturated rings. The maximum absolute atomic E-state index is 11.7. The third-order valence-corrected chi connectivity index (χ3v) is 1.08. The fraction of sp³-hybridized carbons (Fsp3) is 1.00. The van der Waals surface area contributed by atoms with Crippen LogP contribution in [0.15, 0.2) is 0 Å². The van der Waals surface area contributed by atoms with Crippen molar-refractivity contribution in [2.24, 2.45) is 0 Å². The first-order chi connectivity index (χ1) is 7.97. The monoisotopic (exact) mass is 320 g/mol. The molecule has 0 amide bonds. The van der Waals surface area contributed by atoms with Crippen LogP contribution >= 0.6 is 0 Å². The summed E-state index contributed by atoms with van der Waals surface area (Å²) in [6, 6.07) is 0. The average Bonchev–Trinajstić information content (AvgIpc) is 1.91. The van der Waals surface area contributed by atoms with E-state index in [9.17, 15) is 52.7 Å². The first kappa shape index (κ1) is 18.0. The molecule has 0 N–H and O–H groups in total. The van der Waals surface area contributed by atoms with Crippen molar-refractivity contribution in [1.29, 1.82) is 0 Å². The topological polar surface area (TPSA) is 15.7 Å². The van der Waals surface area contributed by atoms with Crippen molar-refractivity contribution in [3.63, 3.8) is 0 Å². The molecule has 0 spiro atoms. The fourth-order valence-corrected chi connectivity index (χ4v) is 0.554. The van der Waals surface area contributed by atoms with Crippen LogP contribution in [-0.4, -0.2) is 35.3 Å². The van der Waals surface area contributed by atoms with Crippen LogP contribution in [0.3, 0.4) is 0 Å². The van der Waals surface area contributed by atoms with Gasteiger partial charge in [0.05, 0.1) is 0 Å². The number of nitrogens with zero attached hydrogens (tertiary/aromatic N) is 2. The molecule has 0 saturated heterocycles. The summed E-state index contributed by atoms with van der Waals surface area (Å²) in [5, 5.41) is -6.69. The first-order valence-electron chi connectivity index (χ1n) is 3.53. The maximum atomic E-state index is 11.7. The summed E-state index contributed by atoms with van der Waals surface area (Å²) >= 11 is 0. The second-order valence-electron chi connectivity index (χ2n) is 2.54.